The lowest BCUT2D eigenvalue weighted by Crippen LogP contribution is -2.19. The Labute approximate surface area is 128 Å². The van der Waals surface area contributed by atoms with Gasteiger partial charge in [-0.2, -0.15) is 0 Å². The molecule has 0 saturated heterocycles. The zero-order chi connectivity index (χ0) is 15.0. The topological polar surface area (TPSA) is 64.6 Å². The van der Waals surface area contributed by atoms with Crippen LogP contribution < -0.4 is 10.1 Å². The van der Waals surface area contributed by atoms with E-state index in [9.17, 15) is 8.42 Å². The minimum Gasteiger partial charge on any atom is -0.491 e. The first-order valence-corrected chi connectivity index (χ1v) is 9.07. The monoisotopic (exact) mass is 365 g/mol. The van der Waals surface area contributed by atoms with Crippen LogP contribution >= 0.6 is 15.9 Å². The van der Waals surface area contributed by atoms with Gasteiger partial charge in [0, 0.05) is 32.0 Å². The molecule has 7 heteroatoms. The number of benzene rings is 1. The number of ether oxygens (including phenoxy) is 2. The second kappa shape index (κ2) is 8.61. The number of rotatable bonds is 9. The number of para-hydroxylation sites is 1. The molecule has 0 aliphatic rings. The first kappa shape index (κ1) is 17.4. The van der Waals surface area contributed by atoms with Crippen LogP contribution in [0.4, 0.5) is 0 Å². The van der Waals surface area contributed by atoms with Crippen LogP contribution in [0.5, 0.6) is 5.75 Å². The third-order valence-electron chi connectivity index (χ3n) is 2.55. The van der Waals surface area contributed by atoms with Crippen LogP contribution in [0.15, 0.2) is 22.7 Å². The van der Waals surface area contributed by atoms with Crippen molar-refractivity contribution < 1.29 is 17.9 Å². The maximum atomic E-state index is 11.1. The molecule has 0 aromatic heterocycles. The Kier molecular flexibility index (Phi) is 7.50. The van der Waals surface area contributed by atoms with Gasteiger partial charge in [-0.1, -0.05) is 12.1 Å². The number of hydrogen-bond donors (Lipinski definition) is 1. The average molecular weight is 366 g/mol. The highest BCUT2D eigenvalue weighted by Gasteiger charge is 2.09. The molecule has 20 heavy (non-hydrogen) atoms. The van der Waals surface area contributed by atoms with E-state index in [2.05, 4.69) is 21.2 Å². The Hall–Kier alpha value is -0.630. The van der Waals surface area contributed by atoms with Gasteiger partial charge >= 0.3 is 0 Å². The van der Waals surface area contributed by atoms with Crippen LogP contribution in [-0.2, 0) is 21.1 Å². The second-order valence-corrected chi connectivity index (χ2v) is 7.49. The molecule has 0 atom stereocenters. The molecule has 0 bridgehead atoms. The van der Waals surface area contributed by atoms with Gasteiger partial charge in [0.05, 0.1) is 16.8 Å². The zero-order valence-electron chi connectivity index (χ0n) is 11.7. The fourth-order valence-corrected chi connectivity index (χ4v) is 2.45. The van der Waals surface area contributed by atoms with E-state index in [-0.39, 0.29) is 12.4 Å². The maximum Gasteiger partial charge on any atom is 0.150 e. The molecule has 0 aliphatic heterocycles. The van der Waals surface area contributed by atoms with Gasteiger partial charge < -0.3 is 14.8 Å². The molecular formula is C13H20BrNO4S. The third kappa shape index (κ3) is 6.69. The fraction of sp³-hybridized carbons (Fsp3) is 0.538. The summed E-state index contributed by atoms with van der Waals surface area (Å²) in [4.78, 5) is 0. The van der Waals surface area contributed by atoms with Crippen LogP contribution in [0.2, 0.25) is 0 Å². The lowest BCUT2D eigenvalue weighted by Gasteiger charge is -2.13. The Bertz CT molecular complexity index is 519. The molecule has 0 radical (unpaired) electrons. The summed E-state index contributed by atoms with van der Waals surface area (Å²) in [6, 6.07) is 5.73. The molecule has 1 N–H and O–H groups in total. The zero-order valence-corrected chi connectivity index (χ0v) is 14.1. The highest BCUT2D eigenvalue weighted by Crippen LogP contribution is 2.29. The molecule has 0 fully saturated rings. The van der Waals surface area contributed by atoms with Crippen molar-refractivity contribution in [3.05, 3.63) is 28.2 Å². The maximum absolute atomic E-state index is 11.1. The SMILES string of the molecule is COCCNCc1cccc(Br)c1OCCS(C)(=O)=O. The van der Waals surface area contributed by atoms with Gasteiger partial charge in [0.25, 0.3) is 0 Å². The summed E-state index contributed by atoms with van der Waals surface area (Å²) in [6.45, 7) is 2.16. The highest BCUT2D eigenvalue weighted by molar-refractivity contribution is 9.10. The predicted octanol–water partition coefficient (Wildman–Crippen LogP) is 1.61. The molecule has 0 amide bonds. The summed E-state index contributed by atoms with van der Waals surface area (Å²) in [5.41, 5.74) is 0.976. The number of halogens is 1. The van der Waals surface area contributed by atoms with E-state index >= 15 is 0 Å². The first-order valence-electron chi connectivity index (χ1n) is 6.21. The van der Waals surface area contributed by atoms with Crippen molar-refractivity contribution in [2.75, 3.05) is 38.9 Å². The number of sulfone groups is 1. The minimum absolute atomic E-state index is 0.00484. The summed E-state index contributed by atoms with van der Waals surface area (Å²) in [5.74, 6) is 0.686. The summed E-state index contributed by atoms with van der Waals surface area (Å²) in [7, 11) is -1.36. The molecule has 0 spiro atoms. The van der Waals surface area contributed by atoms with Crippen molar-refractivity contribution in [3.8, 4) is 5.75 Å². The fourth-order valence-electron chi connectivity index (χ4n) is 1.55. The van der Waals surface area contributed by atoms with Gasteiger partial charge in [0.1, 0.15) is 12.4 Å². The normalized spacial score (nSPS) is 11.6. The highest BCUT2D eigenvalue weighted by atomic mass is 79.9. The summed E-state index contributed by atoms with van der Waals surface area (Å²) >= 11 is 3.42. The van der Waals surface area contributed by atoms with Gasteiger partial charge in [-0.05, 0) is 22.0 Å². The molecule has 0 heterocycles. The molecule has 0 aliphatic carbocycles. The molecule has 1 aromatic rings. The van der Waals surface area contributed by atoms with Gasteiger partial charge in [-0.3, -0.25) is 0 Å². The van der Waals surface area contributed by atoms with E-state index in [1.165, 1.54) is 6.26 Å². The van der Waals surface area contributed by atoms with Crippen LogP contribution in [0.3, 0.4) is 0 Å². The van der Waals surface area contributed by atoms with Crippen molar-refractivity contribution in [1.82, 2.24) is 5.32 Å². The molecular weight excluding hydrogens is 346 g/mol. The van der Waals surface area contributed by atoms with Crippen LogP contribution in [0.25, 0.3) is 0 Å². The van der Waals surface area contributed by atoms with Crippen LogP contribution in [0.1, 0.15) is 5.56 Å². The van der Waals surface area contributed by atoms with Gasteiger partial charge in [0.15, 0.2) is 9.84 Å². The Morgan fingerprint density at radius 1 is 1.30 bits per heavy atom. The smallest absolute Gasteiger partial charge is 0.150 e. The van der Waals surface area contributed by atoms with Gasteiger partial charge in [-0.15, -0.1) is 0 Å². The first-order chi connectivity index (χ1) is 9.44. The quantitative estimate of drug-likeness (QED) is 0.673. The Morgan fingerprint density at radius 2 is 2.05 bits per heavy atom. The average Bonchev–Trinajstić information content (AvgIpc) is 2.36. The van der Waals surface area contributed by atoms with Crippen LogP contribution in [-0.4, -0.2) is 47.3 Å². The van der Waals surface area contributed by atoms with Crippen molar-refractivity contribution in [1.29, 1.82) is 0 Å². The van der Waals surface area contributed by atoms with Crippen molar-refractivity contribution in [2.24, 2.45) is 0 Å². The van der Waals surface area contributed by atoms with E-state index < -0.39 is 9.84 Å². The van der Waals surface area contributed by atoms with E-state index in [0.717, 1.165) is 16.6 Å². The molecule has 0 saturated carbocycles. The Balaban J connectivity index is 2.63. The van der Waals surface area contributed by atoms with E-state index in [4.69, 9.17) is 9.47 Å². The molecule has 5 nitrogen and oxygen atoms in total. The molecule has 0 unspecified atom stereocenters. The minimum atomic E-state index is -3.02. The molecule has 1 aromatic carbocycles. The summed E-state index contributed by atoms with van der Waals surface area (Å²) < 4.78 is 33.6. The van der Waals surface area contributed by atoms with Crippen LogP contribution in [0, 0.1) is 0 Å². The molecule has 1 rings (SSSR count). The number of hydrogen-bond acceptors (Lipinski definition) is 5. The molecule has 114 valence electrons. The summed E-state index contributed by atoms with van der Waals surface area (Å²) in [6.07, 6.45) is 1.20. The largest absolute Gasteiger partial charge is 0.491 e. The van der Waals surface area contributed by atoms with Crippen molar-refractivity contribution in [3.63, 3.8) is 0 Å². The van der Waals surface area contributed by atoms with Gasteiger partial charge in [-0.25, -0.2) is 8.42 Å². The predicted molar refractivity (Wildman–Crippen MR) is 82.9 cm³/mol. The van der Waals surface area contributed by atoms with Gasteiger partial charge in [0.2, 0.25) is 0 Å². The van der Waals surface area contributed by atoms with E-state index in [0.29, 0.717) is 18.9 Å². The third-order valence-corrected chi connectivity index (χ3v) is 4.08. The lowest BCUT2D eigenvalue weighted by atomic mass is 10.2. The summed E-state index contributed by atoms with van der Waals surface area (Å²) in [5, 5.41) is 3.23. The van der Waals surface area contributed by atoms with E-state index in [1.807, 2.05) is 18.2 Å². The number of nitrogens with one attached hydrogen (secondary N) is 1. The number of methoxy groups -OCH3 is 1. The Morgan fingerprint density at radius 3 is 2.70 bits per heavy atom. The second-order valence-electron chi connectivity index (χ2n) is 4.38. The standard InChI is InChI=1S/C13H20BrNO4S/c1-18-7-6-15-10-11-4-3-5-12(14)13(11)19-8-9-20(2,16)17/h3-5,15H,6-10H2,1-2H3. The van der Waals surface area contributed by atoms with Crippen molar-refractivity contribution >= 4 is 25.8 Å². The van der Waals surface area contributed by atoms with E-state index in [1.54, 1.807) is 7.11 Å². The lowest BCUT2D eigenvalue weighted by molar-refractivity contribution is 0.199. The van der Waals surface area contributed by atoms with Crippen molar-refractivity contribution in [2.45, 2.75) is 6.54 Å².